The van der Waals surface area contributed by atoms with E-state index < -0.39 is 12.1 Å². The molecule has 0 spiro atoms. The second-order valence-electron chi connectivity index (χ2n) is 6.63. The van der Waals surface area contributed by atoms with E-state index in [1.54, 1.807) is 20.8 Å². The van der Waals surface area contributed by atoms with Crippen molar-refractivity contribution in [2.45, 2.75) is 66.0 Å². The smallest absolute Gasteiger partial charge is 0.344 e. The summed E-state index contributed by atoms with van der Waals surface area (Å²) in [6, 6.07) is 0.145. The van der Waals surface area contributed by atoms with Crippen LogP contribution in [0.4, 0.5) is 0 Å². The van der Waals surface area contributed by atoms with Crippen LogP contribution in [0.1, 0.15) is 61.8 Å². The summed E-state index contributed by atoms with van der Waals surface area (Å²) in [5.41, 5.74) is 0.763. The van der Waals surface area contributed by atoms with Gasteiger partial charge in [0, 0.05) is 6.04 Å². The van der Waals surface area contributed by atoms with Crippen molar-refractivity contribution in [2.75, 3.05) is 0 Å². The van der Waals surface area contributed by atoms with Crippen LogP contribution in [0.2, 0.25) is 0 Å². The van der Waals surface area contributed by atoms with Crippen molar-refractivity contribution < 1.29 is 18.8 Å². The van der Waals surface area contributed by atoms with Crippen molar-refractivity contribution >= 4 is 11.9 Å². The Bertz CT molecular complexity index is 562. The van der Waals surface area contributed by atoms with E-state index in [1.165, 1.54) is 6.42 Å². The van der Waals surface area contributed by atoms with Crippen LogP contribution in [-0.4, -0.2) is 29.2 Å². The Balaban J connectivity index is 1.94. The lowest BCUT2D eigenvalue weighted by Crippen LogP contribution is -2.47. The first kappa shape index (κ1) is 17.5. The summed E-state index contributed by atoms with van der Waals surface area (Å²) >= 11 is 0. The summed E-state index contributed by atoms with van der Waals surface area (Å²) in [7, 11) is 0. The molecule has 6 heteroatoms. The maximum atomic E-state index is 12.3. The number of nitrogens with zero attached hydrogens (tertiary/aromatic N) is 1. The first-order valence-electron chi connectivity index (χ1n) is 8.25. The summed E-state index contributed by atoms with van der Waals surface area (Å²) in [6.45, 7) is 9.27. The molecule has 23 heavy (non-hydrogen) atoms. The van der Waals surface area contributed by atoms with Gasteiger partial charge < -0.3 is 14.6 Å². The summed E-state index contributed by atoms with van der Waals surface area (Å²) < 4.78 is 10.2. The first-order valence-corrected chi connectivity index (χ1v) is 8.25. The Kier molecular flexibility index (Phi) is 5.44. The maximum absolute atomic E-state index is 12.3. The van der Waals surface area contributed by atoms with Gasteiger partial charge in [0.15, 0.2) is 6.10 Å². The van der Waals surface area contributed by atoms with E-state index in [1.807, 2.05) is 0 Å². The van der Waals surface area contributed by atoms with Gasteiger partial charge in [-0.05, 0) is 39.0 Å². The van der Waals surface area contributed by atoms with Gasteiger partial charge in [-0.2, -0.15) is 0 Å². The number of hydrogen-bond donors (Lipinski definition) is 1. The molecule has 128 valence electrons. The summed E-state index contributed by atoms with van der Waals surface area (Å²) in [5.74, 6) is 0.590. The lowest BCUT2D eigenvalue weighted by molar-refractivity contribution is -0.130. The molecule has 0 unspecified atom stereocenters. The standard InChI is InChI=1S/C17H26N2O4/c1-9-7-6-8-14(10(9)2)18-16(20)13(5)22-17(21)15-11(3)19-23-12(15)4/h9-10,13-14H,6-8H2,1-5H3,(H,18,20)/t9-,10-,13-,14+/m0/s1. The van der Waals surface area contributed by atoms with Crippen LogP contribution < -0.4 is 5.32 Å². The quantitative estimate of drug-likeness (QED) is 0.862. The van der Waals surface area contributed by atoms with Gasteiger partial charge in [-0.15, -0.1) is 0 Å². The van der Waals surface area contributed by atoms with Crippen LogP contribution >= 0.6 is 0 Å². The molecule has 0 bridgehead atoms. The minimum absolute atomic E-state index is 0.145. The number of carbonyl (C=O) groups is 2. The molecule has 1 aliphatic carbocycles. The van der Waals surface area contributed by atoms with Gasteiger partial charge in [0.1, 0.15) is 11.3 Å². The SMILES string of the molecule is Cc1noc(C)c1C(=O)O[C@@H](C)C(=O)N[C@@H]1CCC[C@H](C)[C@@H]1C. The molecule has 1 aromatic heterocycles. The van der Waals surface area contributed by atoms with Crippen molar-refractivity contribution in [1.82, 2.24) is 10.5 Å². The highest BCUT2D eigenvalue weighted by Gasteiger charge is 2.30. The third-order valence-electron chi connectivity index (χ3n) is 4.93. The van der Waals surface area contributed by atoms with Crippen LogP contribution in [0.25, 0.3) is 0 Å². The predicted molar refractivity (Wildman–Crippen MR) is 85.0 cm³/mol. The molecule has 0 aromatic carbocycles. The monoisotopic (exact) mass is 322 g/mol. The Labute approximate surface area is 136 Å². The fourth-order valence-corrected chi connectivity index (χ4v) is 3.13. The van der Waals surface area contributed by atoms with Crippen molar-refractivity contribution in [2.24, 2.45) is 11.8 Å². The van der Waals surface area contributed by atoms with Crippen LogP contribution in [0.5, 0.6) is 0 Å². The number of amides is 1. The fraction of sp³-hybridized carbons (Fsp3) is 0.706. The van der Waals surface area contributed by atoms with Crippen LogP contribution in [0, 0.1) is 25.7 Å². The summed E-state index contributed by atoms with van der Waals surface area (Å²) in [6.07, 6.45) is 2.44. The van der Waals surface area contributed by atoms with E-state index in [4.69, 9.17) is 9.26 Å². The number of ether oxygens (including phenoxy) is 1. The van der Waals surface area contributed by atoms with Gasteiger partial charge in [0.25, 0.3) is 5.91 Å². The molecule has 1 N–H and O–H groups in total. The van der Waals surface area contributed by atoms with Crippen molar-refractivity contribution in [3.63, 3.8) is 0 Å². The number of aryl methyl sites for hydroxylation is 2. The lowest BCUT2D eigenvalue weighted by Gasteiger charge is -2.35. The minimum atomic E-state index is -0.847. The lowest BCUT2D eigenvalue weighted by atomic mass is 9.78. The van der Waals surface area contributed by atoms with Crippen molar-refractivity contribution in [1.29, 1.82) is 0 Å². The molecule has 4 atom stereocenters. The largest absolute Gasteiger partial charge is 0.449 e. The highest BCUT2D eigenvalue weighted by Crippen LogP contribution is 2.29. The van der Waals surface area contributed by atoms with Crippen LogP contribution in [0.15, 0.2) is 4.52 Å². The molecule has 1 heterocycles. The van der Waals surface area contributed by atoms with Gasteiger partial charge in [-0.3, -0.25) is 4.79 Å². The summed E-state index contributed by atoms with van der Waals surface area (Å²) in [4.78, 5) is 24.5. The van der Waals surface area contributed by atoms with Gasteiger partial charge in [0.05, 0.1) is 5.69 Å². The molecule has 6 nitrogen and oxygen atoms in total. The molecule has 2 rings (SSSR count). The first-order chi connectivity index (χ1) is 10.8. The maximum Gasteiger partial charge on any atom is 0.344 e. The number of aromatic nitrogens is 1. The Morgan fingerprint density at radius 3 is 2.61 bits per heavy atom. The van der Waals surface area contributed by atoms with Crippen molar-refractivity contribution in [3.05, 3.63) is 17.0 Å². The normalized spacial score (nSPS) is 25.7. The third kappa shape index (κ3) is 3.92. The molecular weight excluding hydrogens is 296 g/mol. The molecule has 1 saturated carbocycles. The zero-order valence-electron chi connectivity index (χ0n) is 14.5. The fourth-order valence-electron chi connectivity index (χ4n) is 3.13. The summed E-state index contributed by atoms with van der Waals surface area (Å²) in [5, 5.41) is 6.75. The molecular formula is C17H26N2O4. The predicted octanol–water partition coefficient (Wildman–Crippen LogP) is 2.78. The number of rotatable bonds is 4. The number of hydrogen-bond acceptors (Lipinski definition) is 5. The van der Waals surface area contributed by atoms with Gasteiger partial charge in [-0.25, -0.2) is 4.79 Å². The van der Waals surface area contributed by atoms with E-state index >= 15 is 0 Å². The number of nitrogens with one attached hydrogen (secondary N) is 1. The topological polar surface area (TPSA) is 81.4 Å². The third-order valence-corrected chi connectivity index (χ3v) is 4.93. The number of esters is 1. The van der Waals surface area contributed by atoms with E-state index in [2.05, 4.69) is 24.3 Å². The Hall–Kier alpha value is -1.85. The second kappa shape index (κ2) is 7.15. The van der Waals surface area contributed by atoms with Crippen molar-refractivity contribution in [3.8, 4) is 0 Å². The van der Waals surface area contributed by atoms with Gasteiger partial charge in [-0.1, -0.05) is 31.8 Å². The second-order valence-corrected chi connectivity index (χ2v) is 6.63. The Morgan fingerprint density at radius 1 is 1.30 bits per heavy atom. The number of carbonyl (C=O) groups excluding carboxylic acids is 2. The average molecular weight is 322 g/mol. The molecule has 1 aliphatic rings. The highest BCUT2D eigenvalue weighted by atomic mass is 16.5. The van der Waals surface area contributed by atoms with E-state index in [9.17, 15) is 9.59 Å². The van der Waals surface area contributed by atoms with E-state index in [-0.39, 0.29) is 11.9 Å². The zero-order chi connectivity index (χ0) is 17.1. The van der Waals surface area contributed by atoms with E-state index in [0.717, 1.165) is 12.8 Å². The Morgan fingerprint density at radius 2 is 2.00 bits per heavy atom. The molecule has 1 amide bonds. The van der Waals surface area contributed by atoms with Gasteiger partial charge >= 0.3 is 5.97 Å². The van der Waals surface area contributed by atoms with Gasteiger partial charge in [0.2, 0.25) is 0 Å². The molecule has 0 saturated heterocycles. The van der Waals surface area contributed by atoms with E-state index in [0.29, 0.717) is 28.9 Å². The molecule has 0 aliphatic heterocycles. The average Bonchev–Trinajstić information content (AvgIpc) is 2.82. The van der Waals surface area contributed by atoms with Crippen LogP contribution in [-0.2, 0) is 9.53 Å². The minimum Gasteiger partial charge on any atom is -0.449 e. The molecule has 0 radical (unpaired) electrons. The zero-order valence-corrected chi connectivity index (χ0v) is 14.5. The van der Waals surface area contributed by atoms with Crippen LogP contribution in [0.3, 0.4) is 0 Å². The molecule has 1 aromatic rings. The highest BCUT2D eigenvalue weighted by molar-refractivity contribution is 5.93. The molecule has 1 fully saturated rings.